The molecule has 0 unspecified atom stereocenters. The summed E-state index contributed by atoms with van der Waals surface area (Å²) in [7, 11) is 0.749. The molecule has 6 aromatic carbocycles. The summed E-state index contributed by atoms with van der Waals surface area (Å²) in [6.45, 7) is 14.8. The van der Waals surface area contributed by atoms with Gasteiger partial charge in [-0.2, -0.15) is 0 Å². The van der Waals surface area contributed by atoms with Crippen molar-refractivity contribution in [2.75, 3.05) is 0 Å². The third kappa shape index (κ3) is 10.1. The van der Waals surface area contributed by atoms with Crippen LogP contribution in [0.25, 0.3) is 0 Å². The Morgan fingerprint density at radius 2 is 0.692 bits per heavy atom. The van der Waals surface area contributed by atoms with E-state index in [0.29, 0.717) is 13.2 Å². The van der Waals surface area contributed by atoms with E-state index in [2.05, 4.69) is 199 Å². The smallest absolute Gasteiger partial charge is 0.283 e. The number of hydrogen-bond donors (Lipinski definition) is 0. The Hall–Kier alpha value is -3.63. The lowest BCUT2D eigenvalue weighted by atomic mass is 9.86. The molecule has 0 fully saturated rings. The van der Waals surface area contributed by atoms with Gasteiger partial charge < -0.3 is 8.85 Å². The van der Waals surface area contributed by atoms with E-state index in [1.165, 1.54) is 52.8 Å². The number of hydrogen-bond acceptors (Lipinski definition) is 4. The summed E-state index contributed by atoms with van der Waals surface area (Å²) in [6, 6.07) is 56.7. The maximum absolute atomic E-state index is 6.95. The molecule has 0 saturated heterocycles. The van der Waals surface area contributed by atoms with Gasteiger partial charge in [-0.1, -0.05) is 209 Å². The van der Waals surface area contributed by atoms with E-state index in [-0.39, 0.29) is 10.8 Å². The first kappa shape index (κ1) is 38.1. The van der Waals surface area contributed by atoms with Crippen molar-refractivity contribution < 1.29 is 8.85 Å². The zero-order valence-electron chi connectivity index (χ0n) is 31.1. The van der Waals surface area contributed by atoms with Crippen LogP contribution in [-0.2, 0) is 32.9 Å². The summed E-state index contributed by atoms with van der Waals surface area (Å²) in [4.78, 5) is 2.45. The molecule has 6 rings (SSSR count). The van der Waals surface area contributed by atoms with Crippen LogP contribution in [0.4, 0.5) is 0 Å². The van der Waals surface area contributed by atoms with E-state index in [9.17, 15) is 0 Å². The van der Waals surface area contributed by atoms with Gasteiger partial charge in [-0.25, -0.2) is 0 Å². The van der Waals surface area contributed by atoms with Gasteiger partial charge >= 0.3 is 0 Å². The molecule has 0 bridgehead atoms. The van der Waals surface area contributed by atoms with Gasteiger partial charge in [0.1, 0.15) is 0 Å². The van der Waals surface area contributed by atoms with Gasteiger partial charge in [-0.3, -0.25) is 0 Å². The minimum atomic E-state index is -1.44. The molecule has 0 atom stereocenters. The van der Waals surface area contributed by atoms with E-state index in [1.54, 1.807) is 0 Å². The Balaban J connectivity index is 1.28. The quantitative estimate of drug-likeness (QED) is 0.0864. The minimum absolute atomic E-state index is 0.0297. The van der Waals surface area contributed by atoms with Crippen LogP contribution in [0.5, 0.6) is 0 Å². The second kappa shape index (κ2) is 17.5. The van der Waals surface area contributed by atoms with Crippen LogP contribution in [0.15, 0.2) is 168 Å². The molecule has 0 aliphatic carbocycles. The van der Waals surface area contributed by atoms with Crippen LogP contribution in [-0.4, -0.2) is 18.1 Å². The zero-order chi connectivity index (χ0) is 36.6. The fourth-order valence-corrected chi connectivity index (χ4v) is 12.2. The first-order chi connectivity index (χ1) is 25.1. The van der Waals surface area contributed by atoms with Gasteiger partial charge in [-0.05, 0) is 66.0 Å². The van der Waals surface area contributed by atoms with E-state index in [4.69, 9.17) is 8.85 Å². The molecule has 2 nitrogen and oxygen atoms in total. The lowest BCUT2D eigenvalue weighted by Crippen LogP contribution is -2.44. The maximum Gasteiger partial charge on any atom is 0.283 e. The predicted octanol–water partition coefficient (Wildman–Crippen LogP) is 9.73. The molecule has 0 aliphatic rings. The Morgan fingerprint density at radius 1 is 0.404 bits per heavy atom. The first-order valence-electron chi connectivity index (χ1n) is 17.9. The summed E-state index contributed by atoms with van der Waals surface area (Å²) in [6.07, 6.45) is 0. The second-order valence-corrected chi connectivity index (χ2v) is 21.4. The summed E-state index contributed by atoms with van der Waals surface area (Å²) in [5, 5.41) is 5.02. The van der Waals surface area contributed by atoms with Crippen molar-refractivity contribution in [3.05, 3.63) is 180 Å². The lowest BCUT2D eigenvalue weighted by Gasteiger charge is -2.23. The molecule has 0 heterocycles. The van der Waals surface area contributed by atoms with Crippen molar-refractivity contribution in [2.24, 2.45) is 0 Å². The van der Waals surface area contributed by atoms with E-state index >= 15 is 0 Å². The van der Waals surface area contributed by atoms with Gasteiger partial charge in [0.05, 0.1) is 13.2 Å². The topological polar surface area (TPSA) is 18.5 Å². The molecule has 0 saturated carbocycles. The fraction of sp³-hybridized carbons (Fsp3) is 0.217. The highest BCUT2D eigenvalue weighted by atomic mass is 33.1. The zero-order valence-corrected chi connectivity index (χ0v) is 34.7. The molecule has 264 valence electrons. The Bertz CT molecular complexity index is 1780. The van der Waals surface area contributed by atoms with Gasteiger partial charge in [0.25, 0.3) is 18.1 Å². The monoisotopic (exact) mass is 752 g/mol. The average Bonchev–Trinajstić information content (AvgIpc) is 3.15. The SMILES string of the molecule is CC(C)(C)c1ccc(SSc2ccc(C(C)(C)C)cc2CO[Si](c2ccccc2)c2ccccc2)c(CO[Si](c2ccccc2)c2ccccc2)c1. The highest BCUT2D eigenvalue weighted by molar-refractivity contribution is 8.76. The van der Waals surface area contributed by atoms with Crippen molar-refractivity contribution in [3.8, 4) is 0 Å². The third-order valence-electron chi connectivity index (χ3n) is 8.96. The van der Waals surface area contributed by atoms with Crippen molar-refractivity contribution in [1.82, 2.24) is 0 Å². The Morgan fingerprint density at radius 3 is 0.962 bits per heavy atom. The number of rotatable bonds is 13. The van der Waals surface area contributed by atoms with Crippen LogP contribution in [0.1, 0.15) is 63.8 Å². The molecule has 52 heavy (non-hydrogen) atoms. The van der Waals surface area contributed by atoms with Crippen LogP contribution in [0, 0.1) is 0 Å². The van der Waals surface area contributed by atoms with Crippen LogP contribution < -0.4 is 20.7 Å². The standard InChI is InChI=1S/C46H48O2S2Si2/c1-45(2,3)37-27-29-43(35(31-37)33-47-51(39-19-11-7-12-20-39)40-21-13-8-14-22-40)49-50-44-30-28-38(46(4,5)6)32-36(44)34-48-52(41-23-15-9-16-24-41)42-25-17-10-18-26-42/h7-32H,33-34H2,1-6H3. The van der Waals surface area contributed by atoms with Crippen molar-refractivity contribution in [1.29, 1.82) is 0 Å². The molecule has 0 aromatic heterocycles. The Kier molecular flexibility index (Phi) is 12.8. The van der Waals surface area contributed by atoms with Crippen molar-refractivity contribution in [3.63, 3.8) is 0 Å². The molecular weight excluding hydrogens is 705 g/mol. The van der Waals surface area contributed by atoms with Gasteiger partial charge in [0.2, 0.25) is 0 Å². The third-order valence-corrected chi connectivity index (χ3v) is 15.8. The summed E-state index contributed by atoms with van der Waals surface area (Å²) in [5.74, 6) is 0. The molecule has 6 aromatic rings. The summed E-state index contributed by atoms with van der Waals surface area (Å²) in [5.41, 5.74) is 5.13. The molecule has 0 aliphatic heterocycles. The fourth-order valence-electron chi connectivity index (χ4n) is 5.89. The van der Waals surface area contributed by atoms with E-state index in [0.717, 1.165) is 0 Å². The average molecular weight is 753 g/mol. The molecule has 6 heteroatoms. The second-order valence-electron chi connectivity index (χ2n) is 15.0. The van der Waals surface area contributed by atoms with Crippen LogP contribution in [0.2, 0.25) is 0 Å². The normalized spacial score (nSPS) is 12.1. The molecule has 0 amide bonds. The lowest BCUT2D eigenvalue weighted by molar-refractivity contribution is 0.318. The predicted molar refractivity (Wildman–Crippen MR) is 227 cm³/mol. The van der Waals surface area contributed by atoms with Crippen molar-refractivity contribution >= 4 is 60.4 Å². The van der Waals surface area contributed by atoms with Gasteiger partial charge in [0, 0.05) is 9.79 Å². The summed E-state index contributed by atoms with van der Waals surface area (Å²) >= 11 is 0. The summed E-state index contributed by atoms with van der Waals surface area (Å²) < 4.78 is 13.9. The molecule has 0 N–H and O–H groups in total. The van der Waals surface area contributed by atoms with Crippen LogP contribution in [0.3, 0.4) is 0 Å². The van der Waals surface area contributed by atoms with E-state index in [1.807, 2.05) is 21.6 Å². The molecule has 2 radical (unpaired) electrons. The number of benzene rings is 6. The molecule has 0 spiro atoms. The first-order valence-corrected chi connectivity index (χ1v) is 22.9. The highest BCUT2D eigenvalue weighted by Crippen LogP contribution is 2.43. The van der Waals surface area contributed by atoms with Gasteiger partial charge in [-0.15, -0.1) is 0 Å². The molecular formula is C46H48O2S2Si2. The minimum Gasteiger partial charge on any atom is -0.403 e. The highest BCUT2D eigenvalue weighted by Gasteiger charge is 2.24. The van der Waals surface area contributed by atoms with Crippen molar-refractivity contribution in [2.45, 2.75) is 75.4 Å². The Labute approximate surface area is 322 Å². The van der Waals surface area contributed by atoms with Crippen LogP contribution >= 0.6 is 21.6 Å². The largest absolute Gasteiger partial charge is 0.403 e. The van der Waals surface area contributed by atoms with Gasteiger partial charge in [0.15, 0.2) is 0 Å². The maximum atomic E-state index is 6.95. The van der Waals surface area contributed by atoms with E-state index < -0.39 is 18.1 Å².